The largest absolute Gasteiger partial charge is 0.497 e. The first-order valence-electron chi connectivity index (χ1n) is 12.6. The fraction of sp³-hybridized carbons (Fsp3) is 0.333. The second-order valence-electron chi connectivity index (χ2n) is 9.39. The Balaban J connectivity index is 1.30. The zero-order valence-electron chi connectivity index (χ0n) is 20.8. The maximum Gasteiger partial charge on any atom is 0.151 e. The highest BCUT2D eigenvalue weighted by molar-refractivity contribution is 7.22. The molecule has 0 unspecified atom stereocenters. The molecule has 6 rings (SSSR count). The van der Waals surface area contributed by atoms with Crippen LogP contribution < -0.4 is 18.9 Å². The van der Waals surface area contributed by atoms with E-state index in [2.05, 4.69) is 47.4 Å². The third-order valence-corrected chi connectivity index (χ3v) is 8.39. The number of fused-ring (bicyclic) bond motifs is 5. The first kappa shape index (κ1) is 23.2. The van der Waals surface area contributed by atoms with Gasteiger partial charge in [-0.2, -0.15) is 0 Å². The normalized spacial score (nSPS) is 17.2. The number of piperidine rings is 1. The summed E-state index contributed by atoms with van der Waals surface area (Å²) in [7, 11) is 3.39. The first-order chi connectivity index (χ1) is 17.7. The third kappa shape index (κ3) is 4.40. The SMILES string of the molecule is COc1ccc2c(c1)O[C@@H](c1ccc(OCCN3CCCCC3)cc1)c1c-2sc2cc(OC)ccc12. The average molecular weight is 502 g/mol. The van der Waals surface area contributed by atoms with Crippen molar-refractivity contribution in [2.75, 3.05) is 40.5 Å². The lowest BCUT2D eigenvalue weighted by atomic mass is 9.93. The van der Waals surface area contributed by atoms with Crippen molar-refractivity contribution >= 4 is 21.4 Å². The summed E-state index contributed by atoms with van der Waals surface area (Å²) < 4.78 is 24.9. The molecule has 1 saturated heterocycles. The molecule has 4 aromatic rings. The first-order valence-corrected chi connectivity index (χ1v) is 13.5. The Morgan fingerprint density at radius 1 is 0.861 bits per heavy atom. The molecule has 36 heavy (non-hydrogen) atoms. The molecule has 3 aromatic carbocycles. The minimum Gasteiger partial charge on any atom is -0.497 e. The van der Waals surface area contributed by atoms with E-state index in [1.54, 1.807) is 25.6 Å². The van der Waals surface area contributed by atoms with Crippen molar-refractivity contribution in [3.05, 3.63) is 71.8 Å². The van der Waals surface area contributed by atoms with E-state index in [4.69, 9.17) is 18.9 Å². The van der Waals surface area contributed by atoms with Gasteiger partial charge >= 0.3 is 0 Å². The molecule has 2 aliphatic heterocycles. The number of methoxy groups -OCH3 is 2. The van der Waals surface area contributed by atoms with Gasteiger partial charge in [-0.05, 0) is 74.0 Å². The van der Waals surface area contributed by atoms with E-state index in [-0.39, 0.29) is 6.10 Å². The molecular formula is C30H31NO4S. The zero-order valence-corrected chi connectivity index (χ0v) is 21.6. The molecule has 0 saturated carbocycles. The van der Waals surface area contributed by atoms with E-state index in [1.165, 1.54) is 52.9 Å². The summed E-state index contributed by atoms with van der Waals surface area (Å²) in [5, 5.41) is 1.20. The van der Waals surface area contributed by atoms with Crippen molar-refractivity contribution in [1.29, 1.82) is 0 Å². The van der Waals surface area contributed by atoms with Gasteiger partial charge in [0.2, 0.25) is 0 Å². The van der Waals surface area contributed by atoms with Gasteiger partial charge in [0.1, 0.15) is 29.6 Å². The number of hydrogen-bond donors (Lipinski definition) is 0. The highest BCUT2D eigenvalue weighted by Crippen LogP contribution is 2.52. The summed E-state index contributed by atoms with van der Waals surface area (Å²) in [6.07, 6.45) is 3.74. The predicted molar refractivity (Wildman–Crippen MR) is 145 cm³/mol. The van der Waals surface area contributed by atoms with Crippen molar-refractivity contribution < 1.29 is 18.9 Å². The number of ether oxygens (including phenoxy) is 4. The molecule has 1 aromatic heterocycles. The van der Waals surface area contributed by atoms with Gasteiger partial charge in [0.25, 0.3) is 0 Å². The molecule has 2 aliphatic rings. The van der Waals surface area contributed by atoms with Gasteiger partial charge in [0.05, 0.1) is 14.2 Å². The van der Waals surface area contributed by atoms with Crippen LogP contribution >= 0.6 is 11.3 Å². The fourth-order valence-electron chi connectivity index (χ4n) is 5.23. The molecule has 1 fully saturated rings. The van der Waals surface area contributed by atoms with Crippen LogP contribution in [-0.2, 0) is 0 Å². The highest BCUT2D eigenvalue weighted by Gasteiger charge is 2.32. The van der Waals surface area contributed by atoms with Crippen LogP contribution in [0.2, 0.25) is 0 Å². The van der Waals surface area contributed by atoms with Crippen molar-refractivity contribution in [2.45, 2.75) is 25.4 Å². The lowest BCUT2D eigenvalue weighted by Gasteiger charge is -2.28. The summed E-state index contributed by atoms with van der Waals surface area (Å²) >= 11 is 1.78. The molecule has 1 atom stereocenters. The van der Waals surface area contributed by atoms with E-state index in [1.807, 2.05) is 18.2 Å². The van der Waals surface area contributed by atoms with Crippen molar-refractivity contribution in [3.63, 3.8) is 0 Å². The maximum absolute atomic E-state index is 6.66. The molecule has 186 valence electrons. The highest BCUT2D eigenvalue weighted by atomic mass is 32.1. The van der Waals surface area contributed by atoms with E-state index >= 15 is 0 Å². The van der Waals surface area contributed by atoms with Crippen LogP contribution in [0.1, 0.15) is 36.5 Å². The van der Waals surface area contributed by atoms with Crippen LogP contribution in [0.15, 0.2) is 60.7 Å². The van der Waals surface area contributed by atoms with Gasteiger partial charge < -0.3 is 18.9 Å². The molecule has 6 heteroatoms. The van der Waals surface area contributed by atoms with Gasteiger partial charge in [-0.3, -0.25) is 4.90 Å². The number of thiophene rings is 1. The number of rotatable bonds is 7. The van der Waals surface area contributed by atoms with Crippen molar-refractivity contribution in [2.24, 2.45) is 0 Å². The Hall–Kier alpha value is -3.22. The number of likely N-dealkylation sites (tertiary alicyclic amines) is 1. The van der Waals surface area contributed by atoms with Gasteiger partial charge in [-0.25, -0.2) is 0 Å². The minimum atomic E-state index is -0.218. The molecule has 0 radical (unpaired) electrons. The molecule has 0 spiro atoms. The fourth-order valence-corrected chi connectivity index (χ4v) is 6.52. The zero-order chi connectivity index (χ0) is 24.5. The molecule has 0 aliphatic carbocycles. The topological polar surface area (TPSA) is 40.2 Å². The molecule has 0 amide bonds. The Labute approximate surface area is 216 Å². The summed E-state index contributed by atoms with van der Waals surface area (Å²) in [6.45, 7) is 4.08. The third-order valence-electron chi connectivity index (χ3n) is 7.18. The molecule has 5 nitrogen and oxygen atoms in total. The van der Waals surface area contributed by atoms with Crippen molar-refractivity contribution in [1.82, 2.24) is 4.90 Å². The maximum atomic E-state index is 6.66. The van der Waals surface area contributed by atoms with Crippen LogP contribution in [-0.4, -0.2) is 45.4 Å². The standard InChI is InChI=1S/C30H31NO4S/c1-32-22-10-12-24-26(18-22)35-29(28-25-13-11-23(33-2)19-27(25)36-30(24)28)20-6-8-21(9-7-20)34-17-16-31-14-4-3-5-15-31/h6-13,18-19,29H,3-5,14-17H2,1-2H3/t29-/m0/s1. The minimum absolute atomic E-state index is 0.218. The van der Waals surface area contributed by atoms with Crippen LogP contribution in [0, 0.1) is 0 Å². The van der Waals surface area contributed by atoms with Gasteiger partial charge in [0.15, 0.2) is 6.10 Å². The lowest BCUT2D eigenvalue weighted by Crippen LogP contribution is -2.33. The Morgan fingerprint density at radius 3 is 2.36 bits per heavy atom. The average Bonchev–Trinajstić information content (AvgIpc) is 3.32. The van der Waals surface area contributed by atoms with Crippen LogP contribution in [0.25, 0.3) is 20.5 Å². The van der Waals surface area contributed by atoms with Crippen LogP contribution in [0.3, 0.4) is 0 Å². The van der Waals surface area contributed by atoms with Gasteiger partial charge in [0, 0.05) is 38.7 Å². The Bertz CT molecular complexity index is 1360. The second kappa shape index (κ2) is 10.0. The van der Waals surface area contributed by atoms with Crippen LogP contribution in [0.4, 0.5) is 0 Å². The summed E-state index contributed by atoms with van der Waals surface area (Å²) in [4.78, 5) is 3.73. The summed E-state index contributed by atoms with van der Waals surface area (Å²) in [5.41, 5.74) is 3.40. The monoisotopic (exact) mass is 501 g/mol. The van der Waals surface area contributed by atoms with Crippen molar-refractivity contribution in [3.8, 4) is 33.4 Å². The second-order valence-corrected chi connectivity index (χ2v) is 10.4. The Kier molecular flexibility index (Phi) is 6.46. The number of nitrogens with zero attached hydrogens (tertiary/aromatic N) is 1. The summed E-state index contributed by atoms with van der Waals surface area (Å²) in [6, 6.07) is 20.7. The van der Waals surface area contributed by atoms with E-state index < -0.39 is 0 Å². The predicted octanol–water partition coefficient (Wildman–Crippen LogP) is 6.93. The number of benzene rings is 3. The molecule has 0 bridgehead atoms. The van der Waals surface area contributed by atoms with Crippen LogP contribution in [0.5, 0.6) is 23.0 Å². The van der Waals surface area contributed by atoms with Gasteiger partial charge in [-0.15, -0.1) is 11.3 Å². The van der Waals surface area contributed by atoms with E-state index in [9.17, 15) is 0 Å². The lowest BCUT2D eigenvalue weighted by molar-refractivity contribution is 0.183. The van der Waals surface area contributed by atoms with Gasteiger partial charge in [-0.1, -0.05) is 18.6 Å². The van der Waals surface area contributed by atoms with E-state index in [0.29, 0.717) is 6.61 Å². The number of hydrogen-bond acceptors (Lipinski definition) is 6. The Morgan fingerprint density at radius 2 is 1.58 bits per heavy atom. The smallest absolute Gasteiger partial charge is 0.151 e. The van der Waals surface area contributed by atoms with E-state index in [0.717, 1.165) is 40.7 Å². The molecule has 3 heterocycles. The summed E-state index contributed by atoms with van der Waals surface area (Å²) in [5.74, 6) is 3.39. The molecule has 0 N–H and O–H groups in total. The molecular weight excluding hydrogens is 470 g/mol. The quantitative estimate of drug-likeness (QED) is 0.275.